The molecule has 2 amide bonds. The summed E-state index contributed by atoms with van der Waals surface area (Å²) < 4.78 is 0. The second kappa shape index (κ2) is 7.24. The maximum atomic E-state index is 12.1. The van der Waals surface area contributed by atoms with Crippen LogP contribution in [0.1, 0.15) is 52.4 Å². The van der Waals surface area contributed by atoms with Crippen molar-refractivity contribution in [1.29, 1.82) is 0 Å². The molecule has 18 heavy (non-hydrogen) atoms. The number of nitrogens with one attached hydrogen (secondary N) is 1. The fourth-order valence-corrected chi connectivity index (χ4v) is 2.25. The number of hydrogen-bond donors (Lipinski definition) is 2. The molecule has 1 aliphatic rings. The monoisotopic (exact) mass is 256 g/mol. The van der Waals surface area contributed by atoms with Gasteiger partial charge < -0.3 is 15.3 Å². The molecule has 0 saturated carbocycles. The Morgan fingerprint density at radius 2 is 2.17 bits per heavy atom. The third kappa shape index (κ3) is 4.55. The van der Waals surface area contributed by atoms with Gasteiger partial charge in [0.25, 0.3) is 0 Å². The van der Waals surface area contributed by atoms with Gasteiger partial charge in [0.05, 0.1) is 0 Å². The summed E-state index contributed by atoms with van der Waals surface area (Å²) >= 11 is 0. The van der Waals surface area contributed by atoms with Crippen molar-refractivity contribution in [2.75, 3.05) is 6.54 Å². The maximum Gasteiger partial charge on any atom is 0.317 e. The molecular formula is C13H24N2O3. The largest absolute Gasteiger partial charge is 0.481 e. The van der Waals surface area contributed by atoms with Crippen molar-refractivity contribution in [1.82, 2.24) is 10.2 Å². The van der Waals surface area contributed by atoms with E-state index < -0.39 is 5.97 Å². The average molecular weight is 256 g/mol. The van der Waals surface area contributed by atoms with Gasteiger partial charge in [0.2, 0.25) is 0 Å². The van der Waals surface area contributed by atoms with Crippen LogP contribution in [0.2, 0.25) is 0 Å². The van der Waals surface area contributed by atoms with Crippen LogP contribution in [0.5, 0.6) is 0 Å². The van der Waals surface area contributed by atoms with Crippen LogP contribution in [0.3, 0.4) is 0 Å². The number of carbonyl (C=O) groups excluding carboxylic acids is 1. The minimum Gasteiger partial charge on any atom is -0.481 e. The Morgan fingerprint density at radius 3 is 2.78 bits per heavy atom. The van der Waals surface area contributed by atoms with E-state index in [9.17, 15) is 9.59 Å². The highest BCUT2D eigenvalue weighted by Gasteiger charge is 2.27. The summed E-state index contributed by atoms with van der Waals surface area (Å²) in [5.41, 5.74) is 0. The first-order chi connectivity index (χ1) is 8.54. The molecule has 2 atom stereocenters. The zero-order valence-corrected chi connectivity index (χ0v) is 11.3. The summed E-state index contributed by atoms with van der Waals surface area (Å²) in [5, 5.41) is 11.7. The Kier molecular flexibility index (Phi) is 5.95. The highest BCUT2D eigenvalue weighted by atomic mass is 16.4. The zero-order chi connectivity index (χ0) is 13.5. The highest BCUT2D eigenvalue weighted by Crippen LogP contribution is 2.21. The molecule has 1 rings (SSSR count). The van der Waals surface area contributed by atoms with E-state index in [1.165, 1.54) is 0 Å². The summed E-state index contributed by atoms with van der Waals surface area (Å²) in [6.45, 7) is 4.75. The van der Waals surface area contributed by atoms with Gasteiger partial charge in [0.15, 0.2) is 0 Å². The van der Waals surface area contributed by atoms with Crippen LogP contribution in [0.25, 0.3) is 0 Å². The van der Waals surface area contributed by atoms with Crippen molar-refractivity contribution < 1.29 is 14.7 Å². The van der Waals surface area contributed by atoms with Gasteiger partial charge in [-0.2, -0.15) is 0 Å². The SMILES string of the molecule is CCC(C)NC(=O)N1CCCCC1CCC(=O)O. The van der Waals surface area contributed by atoms with Crippen LogP contribution in [-0.4, -0.2) is 40.6 Å². The van der Waals surface area contributed by atoms with Gasteiger partial charge in [-0.05, 0) is 39.0 Å². The molecule has 0 aromatic carbocycles. The second-order valence-corrected chi connectivity index (χ2v) is 5.03. The first-order valence-corrected chi connectivity index (χ1v) is 6.83. The Bertz CT molecular complexity index is 294. The van der Waals surface area contributed by atoms with E-state index in [4.69, 9.17) is 5.11 Å². The predicted molar refractivity (Wildman–Crippen MR) is 69.5 cm³/mol. The molecule has 0 spiro atoms. The Labute approximate surface area is 109 Å². The molecule has 104 valence electrons. The summed E-state index contributed by atoms with van der Waals surface area (Å²) in [4.78, 5) is 24.5. The number of carbonyl (C=O) groups is 2. The number of urea groups is 1. The molecule has 0 aromatic heterocycles. The minimum atomic E-state index is -0.789. The van der Waals surface area contributed by atoms with Crippen molar-refractivity contribution in [3.63, 3.8) is 0 Å². The molecular weight excluding hydrogens is 232 g/mol. The van der Waals surface area contributed by atoms with Crippen molar-refractivity contribution in [2.24, 2.45) is 0 Å². The summed E-state index contributed by atoms with van der Waals surface area (Å²) in [5.74, 6) is -0.789. The van der Waals surface area contributed by atoms with E-state index in [0.717, 1.165) is 32.2 Å². The molecule has 1 saturated heterocycles. The van der Waals surface area contributed by atoms with E-state index in [1.54, 1.807) is 0 Å². The number of rotatable bonds is 5. The fourth-order valence-electron chi connectivity index (χ4n) is 2.25. The summed E-state index contributed by atoms with van der Waals surface area (Å²) in [6.07, 6.45) is 4.61. The van der Waals surface area contributed by atoms with Crippen LogP contribution in [0, 0.1) is 0 Å². The van der Waals surface area contributed by atoms with Crippen molar-refractivity contribution in [3.05, 3.63) is 0 Å². The van der Waals surface area contributed by atoms with Gasteiger partial charge in [-0.15, -0.1) is 0 Å². The molecule has 5 nitrogen and oxygen atoms in total. The van der Waals surface area contributed by atoms with Gasteiger partial charge in [0.1, 0.15) is 0 Å². The molecule has 2 unspecified atom stereocenters. The lowest BCUT2D eigenvalue weighted by Gasteiger charge is -2.36. The first-order valence-electron chi connectivity index (χ1n) is 6.83. The molecule has 0 radical (unpaired) electrons. The molecule has 1 heterocycles. The van der Waals surface area contributed by atoms with E-state index >= 15 is 0 Å². The number of piperidine rings is 1. The van der Waals surface area contributed by atoms with E-state index in [0.29, 0.717) is 6.42 Å². The summed E-state index contributed by atoms with van der Waals surface area (Å²) in [7, 11) is 0. The zero-order valence-electron chi connectivity index (χ0n) is 11.3. The quantitative estimate of drug-likeness (QED) is 0.792. The van der Waals surface area contributed by atoms with Crippen molar-refractivity contribution >= 4 is 12.0 Å². The van der Waals surface area contributed by atoms with Gasteiger partial charge in [-0.25, -0.2) is 4.79 Å². The second-order valence-electron chi connectivity index (χ2n) is 5.03. The molecule has 0 bridgehead atoms. The Balaban J connectivity index is 2.52. The number of nitrogens with zero attached hydrogens (tertiary/aromatic N) is 1. The fraction of sp³-hybridized carbons (Fsp3) is 0.846. The predicted octanol–water partition coefficient (Wildman–Crippen LogP) is 2.21. The van der Waals surface area contributed by atoms with Gasteiger partial charge in [-0.3, -0.25) is 4.79 Å². The number of likely N-dealkylation sites (tertiary alicyclic amines) is 1. The van der Waals surface area contributed by atoms with Crippen LogP contribution in [-0.2, 0) is 4.79 Å². The number of carboxylic acids is 1. The van der Waals surface area contributed by atoms with Gasteiger partial charge in [-0.1, -0.05) is 6.92 Å². The normalized spacial score (nSPS) is 21.4. The molecule has 5 heteroatoms. The van der Waals surface area contributed by atoms with E-state index in [1.807, 2.05) is 18.7 Å². The van der Waals surface area contributed by atoms with Crippen molar-refractivity contribution in [2.45, 2.75) is 64.5 Å². The lowest BCUT2D eigenvalue weighted by atomic mass is 9.98. The number of carboxylic acid groups (broad SMARTS) is 1. The lowest BCUT2D eigenvalue weighted by molar-refractivity contribution is -0.137. The lowest BCUT2D eigenvalue weighted by Crippen LogP contribution is -2.50. The first kappa shape index (κ1) is 14.8. The van der Waals surface area contributed by atoms with Crippen LogP contribution in [0.4, 0.5) is 4.79 Å². The molecule has 1 aliphatic heterocycles. The number of hydrogen-bond acceptors (Lipinski definition) is 2. The average Bonchev–Trinajstić information content (AvgIpc) is 2.36. The standard InChI is InChI=1S/C13H24N2O3/c1-3-10(2)14-13(18)15-9-5-4-6-11(15)7-8-12(16)17/h10-11H,3-9H2,1-2H3,(H,14,18)(H,16,17). The van der Waals surface area contributed by atoms with Crippen molar-refractivity contribution in [3.8, 4) is 0 Å². The smallest absolute Gasteiger partial charge is 0.317 e. The third-order valence-corrected chi connectivity index (χ3v) is 3.56. The highest BCUT2D eigenvalue weighted by molar-refractivity contribution is 5.75. The third-order valence-electron chi connectivity index (χ3n) is 3.56. The summed E-state index contributed by atoms with van der Waals surface area (Å²) in [6, 6.07) is 0.206. The Hall–Kier alpha value is -1.26. The van der Waals surface area contributed by atoms with Gasteiger partial charge >= 0.3 is 12.0 Å². The molecule has 0 aliphatic carbocycles. The topological polar surface area (TPSA) is 69.6 Å². The van der Waals surface area contributed by atoms with Crippen LogP contribution in [0.15, 0.2) is 0 Å². The Morgan fingerprint density at radius 1 is 1.44 bits per heavy atom. The number of aliphatic carboxylic acids is 1. The molecule has 1 fully saturated rings. The van der Waals surface area contributed by atoms with Gasteiger partial charge in [0, 0.05) is 25.0 Å². The minimum absolute atomic E-state index is 0.0422. The maximum absolute atomic E-state index is 12.1. The number of amides is 2. The van der Waals surface area contributed by atoms with E-state index in [-0.39, 0.29) is 24.5 Å². The molecule has 0 aromatic rings. The van der Waals surface area contributed by atoms with E-state index in [2.05, 4.69) is 5.32 Å². The van der Waals surface area contributed by atoms with Crippen LogP contribution >= 0.6 is 0 Å². The van der Waals surface area contributed by atoms with Crippen LogP contribution < -0.4 is 5.32 Å². The molecule has 2 N–H and O–H groups in total.